The van der Waals surface area contributed by atoms with Crippen molar-refractivity contribution < 1.29 is 28.3 Å². The van der Waals surface area contributed by atoms with E-state index in [1.807, 2.05) is 12.1 Å². The SMILES string of the molecule is COC(=O)c1ccc(CN2C(=O)N/C(=C\c3cc(Cl)c(OCc4ccc(Cl)cc4)c(Cl)c3)C2=O)o1. The summed E-state index contributed by atoms with van der Waals surface area (Å²) >= 11 is 18.6. The third-order valence-electron chi connectivity index (χ3n) is 4.95. The lowest BCUT2D eigenvalue weighted by atomic mass is 10.1. The predicted octanol–water partition coefficient (Wildman–Crippen LogP) is 5.70. The summed E-state index contributed by atoms with van der Waals surface area (Å²) < 4.78 is 15.7. The van der Waals surface area contributed by atoms with Crippen LogP contribution < -0.4 is 10.1 Å². The number of hydrogen-bond acceptors (Lipinski definition) is 6. The molecular formula is C24H17Cl3N2O6. The number of esters is 1. The van der Waals surface area contributed by atoms with Crippen molar-refractivity contribution in [1.82, 2.24) is 10.2 Å². The van der Waals surface area contributed by atoms with Gasteiger partial charge in [-0.2, -0.15) is 0 Å². The molecule has 2 aromatic carbocycles. The maximum Gasteiger partial charge on any atom is 0.373 e. The van der Waals surface area contributed by atoms with Crippen LogP contribution in [0.3, 0.4) is 0 Å². The van der Waals surface area contributed by atoms with Crippen LogP contribution in [0.25, 0.3) is 6.08 Å². The summed E-state index contributed by atoms with van der Waals surface area (Å²) in [5, 5.41) is 3.59. The largest absolute Gasteiger partial charge is 0.486 e. The van der Waals surface area contributed by atoms with Crippen LogP contribution in [0.5, 0.6) is 5.75 Å². The number of amides is 3. The van der Waals surface area contributed by atoms with E-state index in [-0.39, 0.29) is 46.2 Å². The Labute approximate surface area is 214 Å². The van der Waals surface area contributed by atoms with Crippen LogP contribution in [0.2, 0.25) is 15.1 Å². The Balaban J connectivity index is 1.47. The summed E-state index contributed by atoms with van der Waals surface area (Å²) in [6.07, 6.45) is 1.45. The molecule has 0 atom stereocenters. The van der Waals surface area contributed by atoms with Crippen molar-refractivity contribution in [3.8, 4) is 5.75 Å². The minimum absolute atomic E-state index is 0.0247. The molecule has 8 nitrogen and oxygen atoms in total. The van der Waals surface area contributed by atoms with Crippen molar-refractivity contribution >= 4 is 58.8 Å². The highest BCUT2D eigenvalue weighted by Gasteiger charge is 2.34. The number of carbonyl (C=O) groups excluding carboxylic acids is 3. The van der Waals surface area contributed by atoms with E-state index in [2.05, 4.69) is 10.1 Å². The van der Waals surface area contributed by atoms with E-state index in [1.165, 1.54) is 25.3 Å². The van der Waals surface area contributed by atoms with E-state index in [0.29, 0.717) is 10.6 Å². The van der Waals surface area contributed by atoms with E-state index >= 15 is 0 Å². The predicted molar refractivity (Wildman–Crippen MR) is 129 cm³/mol. The van der Waals surface area contributed by atoms with Crippen LogP contribution in [0.15, 0.2) is 58.6 Å². The summed E-state index contributed by atoms with van der Waals surface area (Å²) in [4.78, 5) is 37.6. The Kier molecular flexibility index (Phi) is 7.35. The molecule has 180 valence electrons. The summed E-state index contributed by atoms with van der Waals surface area (Å²) in [5.74, 6) is -0.755. The van der Waals surface area contributed by atoms with Gasteiger partial charge in [0.05, 0.1) is 23.7 Å². The molecule has 1 saturated heterocycles. The van der Waals surface area contributed by atoms with Gasteiger partial charge in [0.25, 0.3) is 5.91 Å². The molecule has 3 aromatic rings. The van der Waals surface area contributed by atoms with Crippen LogP contribution in [-0.2, 0) is 22.7 Å². The molecule has 1 aliphatic heterocycles. The molecule has 0 aliphatic carbocycles. The lowest BCUT2D eigenvalue weighted by molar-refractivity contribution is -0.123. The fourth-order valence-electron chi connectivity index (χ4n) is 3.25. The second-order valence-electron chi connectivity index (χ2n) is 7.37. The van der Waals surface area contributed by atoms with Gasteiger partial charge in [0.15, 0.2) is 5.75 Å². The first-order valence-corrected chi connectivity index (χ1v) is 11.3. The van der Waals surface area contributed by atoms with Gasteiger partial charge in [-0.3, -0.25) is 9.69 Å². The number of rotatable bonds is 7. The number of urea groups is 1. The van der Waals surface area contributed by atoms with E-state index in [9.17, 15) is 14.4 Å². The third-order valence-corrected chi connectivity index (χ3v) is 5.77. The Bertz CT molecular complexity index is 1310. The lowest BCUT2D eigenvalue weighted by Crippen LogP contribution is -2.30. The molecule has 4 rings (SSSR count). The highest BCUT2D eigenvalue weighted by molar-refractivity contribution is 6.37. The number of furan rings is 1. The van der Waals surface area contributed by atoms with Crippen molar-refractivity contribution in [2.24, 2.45) is 0 Å². The van der Waals surface area contributed by atoms with Gasteiger partial charge in [0.2, 0.25) is 5.76 Å². The Morgan fingerprint density at radius 3 is 2.40 bits per heavy atom. The second kappa shape index (κ2) is 10.4. The lowest BCUT2D eigenvalue weighted by Gasteiger charge is -2.11. The van der Waals surface area contributed by atoms with Gasteiger partial charge in [-0.1, -0.05) is 46.9 Å². The van der Waals surface area contributed by atoms with Crippen molar-refractivity contribution in [3.63, 3.8) is 0 Å². The van der Waals surface area contributed by atoms with Crippen LogP contribution >= 0.6 is 34.8 Å². The van der Waals surface area contributed by atoms with E-state index in [4.69, 9.17) is 44.0 Å². The maximum absolute atomic E-state index is 12.8. The van der Waals surface area contributed by atoms with Gasteiger partial charge in [0.1, 0.15) is 18.1 Å². The number of benzene rings is 2. The Morgan fingerprint density at radius 2 is 1.74 bits per heavy atom. The maximum atomic E-state index is 12.8. The topological polar surface area (TPSA) is 98.1 Å². The highest BCUT2D eigenvalue weighted by Crippen LogP contribution is 2.35. The molecule has 0 bridgehead atoms. The number of methoxy groups -OCH3 is 1. The van der Waals surface area contributed by atoms with Crippen molar-refractivity contribution in [2.45, 2.75) is 13.2 Å². The summed E-state index contributed by atoms with van der Waals surface area (Å²) in [6, 6.07) is 12.5. The highest BCUT2D eigenvalue weighted by atomic mass is 35.5. The van der Waals surface area contributed by atoms with Crippen molar-refractivity contribution in [1.29, 1.82) is 0 Å². The van der Waals surface area contributed by atoms with Crippen molar-refractivity contribution in [3.05, 3.63) is 91.9 Å². The zero-order chi connectivity index (χ0) is 25.1. The molecule has 1 N–H and O–H groups in total. The molecule has 3 amide bonds. The van der Waals surface area contributed by atoms with Crippen molar-refractivity contribution in [2.75, 3.05) is 7.11 Å². The Morgan fingerprint density at radius 1 is 1.06 bits per heavy atom. The van der Waals surface area contributed by atoms with Gasteiger partial charge in [0, 0.05) is 5.02 Å². The van der Waals surface area contributed by atoms with E-state index in [0.717, 1.165) is 10.5 Å². The number of hydrogen-bond donors (Lipinski definition) is 1. The molecule has 0 saturated carbocycles. The molecule has 1 fully saturated rings. The number of nitrogens with one attached hydrogen (secondary N) is 1. The monoisotopic (exact) mass is 534 g/mol. The molecule has 11 heteroatoms. The normalized spacial score (nSPS) is 14.4. The van der Waals surface area contributed by atoms with Gasteiger partial charge in [-0.15, -0.1) is 0 Å². The molecule has 0 radical (unpaired) electrons. The molecule has 0 unspecified atom stereocenters. The first kappa shape index (κ1) is 24.7. The number of ether oxygens (including phenoxy) is 2. The van der Waals surface area contributed by atoms with Gasteiger partial charge >= 0.3 is 12.0 Å². The molecule has 1 aromatic heterocycles. The number of carbonyl (C=O) groups is 3. The molecular weight excluding hydrogens is 519 g/mol. The second-order valence-corrected chi connectivity index (χ2v) is 8.62. The van der Waals surface area contributed by atoms with Crippen LogP contribution in [-0.4, -0.2) is 29.9 Å². The smallest absolute Gasteiger partial charge is 0.373 e. The summed E-state index contributed by atoms with van der Waals surface area (Å²) in [6.45, 7) is 0.0585. The van der Waals surface area contributed by atoms with Crippen LogP contribution in [0.1, 0.15) is 27.4 Å². The summed E-state index contributed by atoms with van der Waals surface area (Å²) in [5.41, 5.74) is 1.38. The van der Waals surface area contributed by atoms with Gasteiger partial charge in [-0.25, -0.2) is 9.59 Å². The molecule has 1 aliphatic rings. The van der Waals surface area contributed by atoms with Gasteiger partial charge < -0.3 is 19.2 Å². The fraction of sp³-hybridized carbons (Fsp3) is 0.125. The van der Waals surface area contributed by atoms with E-state index < -0.39 is 17.9 Å². The van der Waals surface area contributed by atoms with Crippen LogP contribution in [0.4, 0.5) is 4.79 Å². The minimum Gasteiger partial charge on any atom is -0.486 e. The first-order chi connectivity index (χ1) is 16.7. The molecule has 35 heavy (non-hydrogen) atoms. The zero-order valence-corrected chi connectivity index (χ0v) is 20.4. The first-order valence-electron chi connectivity index (χ1n) is 10.1. The number of halogens is 3. The Hall–Kier alpha value is -3.46. The summed E-state index contributed by atoms with van der Waals surface area (Å²) in [7, 11) is 1.22. The quantitative estimate of drug-likeness (QED) is 0.237. The molecule has 0 spiro atoms. The fourth-order valence-corrected chi connectivity index (χ4v) is 3.99. The van der Waals surface area contributed by atoms with Crippen LogP contribution in [0, 0.1) is 0 Å². The third kappa shape index (κ3) is 5.62. The standard InChI is InChI=1S/C24H17Cl3N2O6/c1-33-23(31)20-7-6-16(35-20)11-29-22(30)19(28-24(29)32)10-14-8-17(26)21(18(27)9-14)34-12-13-2-4-15(25)5-3-13/h2-10H,11-12H2,1H3,(H,28,32)/b19-10-. The van der Waals surface area contributed by atoms with Gasteiger partial charge in [-0.05, 0) is 53.6 Å². The average Bonchev–Trinajstić information content (AvgIpc) is 3.39. The minimum atomic E-state index is -0.664. The van der Waals surface area contributed by atoms with E-state index in [1.54, 1.807) is 24.3 Å². The average molecular weight is 536 g/mol. The number of imide groups is 1. The number of nitrogens with zero attached hydrogens (tertiary/aromatic N) is 1. The zero-order valence-electron chi connectivity index (χ0n) is 18.1. The molecule has 2 heterocycles.